The molecule has 0 heterocycles. The minimum atomic E-state index is 0. The second-order valence-electron chi connectivity index (χ2n) is 0. The fourth-order valence-electron chi connectivity index (χ4n) is 0. The molecule has 0 aliphatic heterocycles. The Morgan fingerprint density at radius 2 is 1.00 bits per heavy atom. The van der Waals surface area contributed by atoms with Gasteiger partial charge in [-0.15, -0.1) is 0 Å². The maximum atomic E-state index is 0. The van der Waals surface area contributed by atoms with Crippen molar-refractivity contribution in [3.05, 3.63) is 0 Å². The molecule has 0 aliphatic rings. The summed E-state index contributed by atoms with van der Waals surface area (Å²) in [4.78, 5) is 0. The Bertz CT molecular complexity index is 8.00. The maximum Gasteiger partial charge on any atom is 0 e. The summed E-state index contributed by atoms with van der Waals surface area (Å²) < 4.78 is 0. The van der Waals surface area contributed by atoms with Crippen LogP contribution in [0.1, 0.15) is 7.43 Å². The Kier molecular flexibility index (Phi) is 1740. The van der Waals surface area contributed by atoms with E-state index < -0.39 is 0 Å². The molecular weight excluding hydrogens is 106 g/mol. The smallest absolute Gasteiger partial charge is 0 e. The van der Waals surface area contributed by atoms with E-state index in [0.717, 1.165) is 0 Å². The molecule has 0 amide bonds. The Morgan fingerprint density at radius 3 is 1.00 bits per heavy atom. The zero-order valence-corrected chi connectivity index (χ0v) is 2.39. The minimum Gasteiger partial charge on any atom is -0.344 e. The SMILES string of the molecule is C.N.[Cr].[SiH4]. The van der Waals surface area contributed by atoms with Gasteiger partial charge in [0.05, 0.1) is 0 Å². The van der Waals surface area contributed by atoms with E-state index in [2.05, 4.69) is 0 Å². The van der Waals surface area contributed by atoms with Gasteiger partial charge in [-0.1, -0.05) is 7.43 Å². The molecule has 0 saturated carbocycles. The summed E-state index contributed by atoms with van der Waals surface area (Å²) >= 11 is 0. The second kappa shape index (κ2) is 54.1. The first kappa shape index (κ1) is 129. The zero-order valence-electron chi connectivity index (χ0n) is 1.12. The average molecular weight is 117 g/mol. The largest absolute Gasteiger partial charge is 0.344 e. The quantitative estimate of drug-likeness (QED) is 0.420. The molecule has 0 radical (unpaired) electrons. The maximum absolute atomic E-state index is 0. The molecule has 0 atom stereocenters. The van der Waals surface area contributed by atoms with Crippen LogP contribution in [0.25, 0.3) is 0 Å². The van der Waals surface area contributed by atoms with Crippen molar-refractivity contribution in [1.82, 2.24) is 6.15 Å². The fourth-order valence-corrected chi connectivity index (χ4v) is 0. The van der Waals surface area contributed by atoms with Gasteiger partial charge in [0.2, 0.25) is 0 Å². The molecule has 30 valence electrons. The van der Waals surface area contributed by atoms with Crippen molar-refractivity contribution in [3.63, 3.8) is 0 Å². The summed E-state index contributed by atoms with van der Waals surface area (Å²) in [7, 11) is 0. The van der Waals surface area contributed by atoms with Gasteiger partial charge >= 0.3 is 0 Å². The summed E-state index contributed by atoms with van der Waals surface area (Å²) in [5.41, 5.74) is 0. The standard InChI is InChI=1S/CH4.Cr.H3N.H4Si/h1H4;;1H3;1H4. The third-order valence-electron chi connectivity index (χ3n) is 0. The normalized spacial score (nSPS) is 0. The molecule has 0 fully saturated rings. The molecular formula is CH11CrNSi. The van der Waals surface area contributed by atoms with Crippen molar-refractivity contribution in [3.8, 4) is 0 Å². The van der Waals surface area contributed by atoms with E-state index in [4.69, 9.17) is 0 Å². The predicted octanol–water partition coefficient (Wildman–Crippen LogP) is -0.656. The molecule has 0 saturated heterocycles. The molecule has 0 aromatic rings. The van der Waals surface area contributed by atoms with Gasteiger partial charge in [-0.3, -0.25) is 0 Å². The van der Waals surface area contributed by atoms with Crippen LogP contribution in [0.5, 0.6) is 0 Å². The van der Waals surface area contributed by atoms with E-state index in [0.29, 0.717) is 0 Å². The van der Waals surface area contributed by atoms with Crippen molar-refractivity contribution in [2.24, 2.45) is 0 Å². The predicted molar refractivity (Wildman–Crippen MR) is 23.1 cm³/mol. The number of rotatable bonds is 0. The fraction of sp³-hybridized carbons (Fsp3) is 1.00. The van der Waals surface area contributed by atoms with E-state index in [1.165, 1.54) is 0 Å². The minimum absolute atomic E-state index is 0. The first-order chi connectivity index (χ1) is 0. The van der Waals surface area contributed by atoms with Gasteiger partial charge in [0.1, 0.15) is 0 Å². The molecule has 0 aliphatic carbocycles. The van der Waals surface area contributed by atoms with Crippen molar-refractivity contribution >= 4 is 11.0 Å². The monoisotopic (exact) mass is 117 g/mol. The molecule has 0 rings (SSSR count). The third kappa shape index (κ3) is 15.7. The van der Waals surface area contributed by atoms with Crippen LogP contribution in [-0.4, -0.2) is 11.0 Å². The van der Waals surface area contributed by atoms with E-state index in [1.807, 2.05) is 0 Å². The number of hydrogen-bond acceptors (Lipinski definition) is 1. The van der Waals surface area contributed by atoms with Gasteiger partial charge in [-0.05, 0) is 11.0 Å². The van der Waals surface area contributed by atoms with E-state index in [1.54, 1.807) is 0 Å². The second-order valence-corrected chi connectivity index (χ2v) is 0. The summed E-state index contributed by atoms with van der Waals surface area (Å²) in [6.07, 6.45) is 0. The van der Waals surface area contributed by atoms with Crippen LogP contribution in [0.3, 0.4) is 0 Å². The molecule has 0 aromatic carbocycles. The third-order valence-corrected chi connectivity index (χ3v) is 0. The van der Waals surface area contributed by atoms with E-state index in [-0.39, 0.29) is 41.9 Å². The Labute approximate surface area is 42.5 Å². The summed E-state index contributed by atoms with van der Waals surface area (Å²) in [6, 6.07) is 0. The molecule has 4 heavy (non-hydrogen) atoms. The summed E-state index contributed by atoms with van der Waals surface area (Å²) in [6.45, 7) is 0. The van der Waals surface area contributed by atoms with Crippen LogP contribution in [0.2, 0.25) is 0 Å². The number of hydrogen-bond donors (Lipinski definition) is 1. The van der Waals surface area contributed by atoms with Crippen LogP contribution < -0.4 is 6.15 Å². The van der Waals surface area contributed by atoms with Crippen molar-refractivity contribution in [1.29, 1.82) is 0 Å². The van der Waals surface area contributed by atoms with Gasteiger partial charge in [-0.2, -0.15) is 0 Å². The van der Waals surface area contributed by atoms with Crippen LogP contribution >= 0.6 is 0 Å². The van der Waals surface area contributed by atoms with Crippen LogP contribution in [0.15, 0.2) is 0 Å². The van der Waals surface area contributed by atoms with Crippen LogP contribution in [0.4, 0.5) is 0 Å². The van der Waals surface area contributed by atoms with Gasteiger partial charge in [0.15, 0.2) is 0 Å². The molecule has 1 nitrogen and oxygen atoms in total. The van der Waals surface area contributed by atoms with E-state index in [9.17, 15) is 0 Å². The van der Waals surface area contributed by atoms with Gasteiger partial charge in [0, 0.05) is 17.4 Å². The Balaban J connectivity index is 0. The first-order valence-electron chi connectivity index (χ1n) is 0. The Hall–Kier alpha value is 0.709. The zero-order chi connectivity index (χ0) is 0. The molecule has 3 N–H and O–H groups in total. The summed E-state index contributed by atoms with van der Waals surface area (Å²) in [5.74, 6) is 0. The van der Waals surface area contributed by atoms with Gasteiger partial charge in [0.25, 0.3) is 0 Å². The van der Waals surface area contributed by atoms with Crippen molar-refractivity contribution in [2.45, 2.75) is 7.43 Å². The topological polar surface area (TPSA) is 35.0 Å². The van der Waals surface area contributed by atoms with Crippen molar-refractivity contribution in [2.75, 3.05) is 0 Å². The van der Waals surface area contributed by atoms with Crippen LogP contribution in [0, 0.1) is 0 Å². The average Bonchev–Trinajstić information content (AvgIpc) is 0. The van der Waals surface area contributed by atoms with E-state index >= 15 is 0 Å². The van der Waals surface area contributed by atoms with Gasteiger partial charge < -0.3 is 6.15 Å². The van der Waals surface area contributed by atoms with Crippen molar-refractivity contribution < 1.29 is 17.4 Å². The Morgan fingerprint density at radius 1 is 1.00 bits per heavy atom. The molecule has 0 bridgehead atoms. The molecule has 0 aromatic heterocycles. The van der Waals surface area contributed by atoms with Crippen LogP contribution in [-0.2, 0) is 17.4 Å². The molecule has 0 unspecified atom stereocenters. The molecule has 3 heteroatoms. The van der Waals surface area contributed by atoms with Gasteiger partial charge in [-0.25, -0.2) is 0 Å². The summed E-state index contributed by atoms with van der Waals surface area (Å²) in [5, 5.41) is 0. The molecule has 0 spiro atoms. The first-order valence-corrected chi connectivity index (χ1v) is 0.